The van der Waals surface area contributed by atoms with Crippen LogP contribution in [-0.4, -0.2) is 103 Å². The summed E-state index contributed by atoms with van der Waals surface area (Å²) < 4.78 is 0. The van der Waals surface area contributed by atoms with Crippen molar-refractivity contribution >= 4 is 17.6 Å². The highest BCUT2D eigenvalue weighted by Crippen LogP contribution is 2.12. The van der Waals surface area contributed by atoms with E-state index in [1.165, 1.54) is 0 Å². The second-order valence-corrected chi connectivity index (χ2v) is 7.46. The molecule has 1 aromatic heterocycles. The first-order valence-electron chi connectivity index (χ1n) is 10.3. The quantitative estimate of drug-likeness (QED) is 0.702. The van der Waals surface area contributed by atoms with E-state index in [1.807, 2.05) is 36.2 Å². The molecule has 1 aromatic rings. The SMILES string of the molecule is CCCNC(=O)CN1CCN(C(=O)CN2CCN(c3ccccn3)CC2)CC1. The molecule has 154 valence electrons. The fourth-order valence-corrected chi connectivity index (χ4v) is 3.65. The Kier molecular flexibility index (Phi) is 7.62. The maximum absolute atomic E-state index is 12.6. The van der Waals surface area contributed by atoms with Crippen LogP contribution in [-0.2, 0) is 9.59 Å². The lowest BCUT2D eigenvalue weighted by Gasteiger charge is -2.38. The van der Waals surface area contributed by atoms with E-state index in [9.17, 15) is 9.59 Å². The van der Waals surface area contributed by atoms with E-state index < -0.39 is 0 Å². The lowest BCUT2D eigenvalue weighted by Crippen LogP contribution is -2.54. The molecule has 0 atom stereocenters. The molecule has 2 amide bonds. The summed E-state index contributed by atoms with van der Waals surface area (Å²) in [7, 11) is 0. The summed E-state index contributed by atoms with van der Waals surface area (Å²) in [6, 6.07) is 5.96. The Morgan fingerprint density at radius 2 is 1.64 bits per heavy atom. The van der Waals surface area contributed by atoms with Crippen molar-refractivity contribution in [2.45, 2.75) is 13.3 Å². The summed E-state index contributed by atoms with van der Waals surface area (Å²) in [6.45, 7) is 10.1. The largest absolute Gasteiger partial charge is 0.355 e. The molecule has 2 aliphatic rings. The monoisotopic (exact) mass is 388 g/mol. The molecule has 0 bridgehead atoms. The number of pyridine rings is 1. The smallest absolute Gasteiger partial charge is 0.236 e. The minimum absolute atomic E-state index is 0.0763. The molecule has 3 heterocycles. The highest BCUT2D eigenvalue weighted by molar-refractivity contribution is 5.79. The van der Waals surface area contributed by atoms with Crippen LogP contribution in [0.5, 0.6) is 0 Å². The van der Waals surface area contributed by atoms with Gasteiger partial charge in [-0.3, -0.25) is 19.4 Å². The Hall–Kier alpha value is -2.19. The topological polar surface area (TPSA) is 72.0 Å². The summed E-state index contributed by atoms with van der Waals surface area (Å²) >= 11 is 0. The molecule has 28 heavy (non-hydrogen) atoms. The number of carbonyl (C=O) groups is 2. The maximum atomic E-state index is 12.6. The van der Waals surface area contributed by atoms with E-state index in [0.29, 0.717) is 26.2 Å². The third-order valence-electron chi connectivity index (χ3n) is 5.37. The molecular weight excluding hydrogens is 356 g/mol. The average Bonchev–Trinajstić information content (AvgIpc) is 2.74. The number of nitrogens with zero attached hydrogens (tertiary/aromatic N) is 5. The summed E-state index contributed by atoms with van der Waals surface area (Å²) in [6.07, 6.45) is 2.77. The fraction of sp³-hybridized carbons (Fsp3) is 0.650. The van der Waals surface area contributed by atoms with Crippen LogP contribution in [0.25, 0.3) is 0 Å². The van der Waals surface area contributed by atoms with Gasteiger partial charge in [0, 0.05) is 65.1 Å². The van der Waals surface area contributed by atoms with Crippen LogP contribution in [0, 0.1) is 0 Å². The molecule has 0 unspecified atom stereocenters. The molecule has 3 rings (SSSR count). The third kappa shape index (κ3) is 5.90. The molecule has 0 spiro atoms. The normalized spacial score (nSPS) is 18.9. The lowest BCUT2D eigenvalue weighted by atomic mass is 10.2. The minimum Gasteiger partial charge on any atom is -0.355 e. The number of piperazine rings is 2. The Labute approximate surface area is 167 Å². The second-order valence-electron chi connectivity index (χ2n) is 7.46. The number of anilines is 1. The van der Waals surface area contributed by atoms with E-state index >= 15 is 0 Å². The minimum atomic E-state index is 0.0763. The van der Waals surface area contributed by atoms with Crippen molar-refractivity contribution < 1.29 is 9.59 Å². The van der Waals surface area contributed by atoms with Crippen LogP contribution in [0.15, 0.2) is 24.4 Å². The summed E-state index contributed by atoms with van der Waals surface area (Å²) in [4.78, 5) is 37.4. The predicted molar refractivity (Wildman–Crippen MR) is 109 cm³/mol. The number of hydrogen-bond acceptors (Lipinski definition) is 6. The summed E-state index contributed by atoms with van der Waals surface area (Å²) in [5, 5.41) is 2.91. The van der Waals surface area contributed by atoms with Crippen LogP contribution in [0.4, 0.5) is 5.82 Å². The van der Waals surface area contributed by atoms with Gasteiger partial charge < -0.3 is 15.1 Å². The Balaban J connectivity index is 1.35. The van der Waals surface area contributed by atoms with E-state index in [1.54, 1.807) is 0 Å². The molecule has 2 aliphatic heterocycles. The Morgan fingerprint density at radius 1 is 0.964 bits per heavy atom. The van der Waals surface area contributed by atoms with Crippen molar-refractivity contribution in [3.05, 3.63) is 24.4 Å². The van der Waals surface area contributed by atoms with Crippen molar-refractivity contribution in [3.8, 4) is 0 Å². The first kappa shape index (κ1) is 20.5. The van der Waals surface area contributed by atoms with Crippen molar-refractivity contribution in [2.75, 3.05) is 76.9 Å². The molecule has 0 aliphatic carbocycles. The van der Waals surface area contributed by atoms with E-state index in [4.69, 9.17) is 0 Å². The molecule has 1 N–H and O–H groups in total. The van der Waals surface area contributed by atoms with Gasteiger partial charge in [0.05, 0.1) is 13.1 Å². The van der Waals surface area contributed by atoms with Gasteiger partial charge >= 0.3 is 0 Å². The first-order valence-corrected chi connectivity index (χ1v) is 10.3. The van der Waals surface area contributed by atoms with Gasteiger partial charge in [-0.2, -0.15) is 0 Å². The highest BCUT2D eigenvalue weighted by Gasteiger charge is 2.25. The molecule has 0 saturated carbocycles. The van der Waals surface area contributed by atoms with Gasteiger partial charge in [-0.25, -0.2) is 4.98 Å². The highest BCUT2D eigenvalue weighted by atomic mass is 16.2. The number of rotatable bonds is 7. The molecule has 8 nitrogen and oxygen atoms in total. The van der Waals surface area contributed by atoms with E-state index in [-0.39, 0.29) is 11.8 Å². The molecule has 2 saturated heterocycles. The van der Waals surface area contributed by atoms with Crippen molar-refractivity contribution in [1.29, 1.82) is 0 Å². The lowest BCUT2D eigenvalue weighted by molar-refractivity contribution is -0.134. The zero-order valence-corrected chi connectivity index (χ0v) is 16.8. The van der Waals surface area contributed by atoms with Crippen molar-refractivity contribution in [1.82, 2.24) is 25.0 Å². The number of nitrogens with one attached hydrogen (secondary N) is 1. The molecule has 8 heteroatoms. The van der Waals surface area contributed by atoms with Gasteiger partial charge in [0.15, 0.2) is 0 Å². The number of carbonyl (C=O) groups excluding carboxylic acids is 2. The van der Waals surface area contributed by atoms with Gasteiger partial charge in [0.2, 0.25) is 11.8 Å². The maximum Gasteiger partial charge on any atom is 0.236 e. The van der Waals surface area contributed by atoms with Crippen LogP contribution in [0.2, 0.25) is 0 Å². The van der Waals surface area contributed by atoms with Gasteiger partial charge in [-0.1, -0.05) is 13.0 Å². The van der Waals surface area contributed by atoms with Crippen LogP contribution >= 0.6 is 0 Å². The molecule has 0 aromatic carbocycles. The number of hydrogen-bond donors (Lipinski definition) is 1. The zero-order chi connectivity index (χ0) is 19.8. The summed E-state index contributed by atoms with van der Waals surface area (Å²) in [5.41, 5.74) is 0. The van der Waals surface area contributed by atoms with Crippen LogP contribution in [0.3, 0.4) is 0 Å². The average molecular weight is 389 g/mol. The molecular formula is C20H32N6O2. The van der Waals surface area contributed by atoms with Gasteiger partial charge in [-0.15, -0.1) is 0 Å². The third-order valence-corrected chi connectivity index (χ3v) is 5.37. The van der Waals surface area contributed by atoms with Gasteiger partial charge in [0.25, 0.3) is 0 Å². The predicted octanol–water partition coefficient (Wildman–Crippen LogP) is -0.126. The van der Waals surface area contributed by atoms with Crippen LogP contribution < -0.4 is 10.2 Å². The van der Waals surface area contributed by atoms with Gasteiger partial charge in [0.1, 0.15) is 5.82 Å². The van der Waals surface area contributed by atoms with E-state index in [0.717, 1.165) is 58.1 Å². The fourth-order valence-electron chi connectivity index (χ4n) is 3.65. The standard InChI is InChI=1S/C20H32N6O2/c1-2-6-22-19(27)16-23-10-14-26(15-11-23)20(28)17-24-8-12-25(13-9-24)18-5-3-4-7-21-18/h3-5,7H,2,6,8-17H2,1H3,(H,22,27). The number of amides is 2. The van der Waals surface area contributed by atoms with E-state index in [2.05, 4.69) is 25.0 Å². The Morgan fingerprint density at radius 3 is 2.29 bits per heavy atom. The Bertz CT molecular complexity index is 625. The van der Waals surface area contributed by atoms with Gasteiger partial charge in [-0.05, 0) is 18.6 Å². The zero-order valence-electron chi connectivity index (χ0n) is 16.8. The first-order chi connectivity index (χ1) is 13.7. The van der Waals surface area contributed by atoms with Crippen molar-refractivity contribution in [3.63, 3.8) is 0 Å². The second kappa shape index (κ2) is 10.4. The molecule has 2 fully saturated rings. The van der Waals surface area contributed by atoms with Crippen molar-refractivity contribution in [2.24, 2.45) is 0 Å². The van der Waals surface area contributed by atoms with Crippen LogP contribution in [0.1, 0.15) is 13.3 Å². The number of aromatic nitrogens is 1. The summed E-state index contributed by atoms with van der Waals surface area (Å²) in [5.74, 6) is 1.28. The molecule has 0 radical (unpaired) electrons.